The fourth-order valence-electron chi connectivity index (χ4n) is 4.05. The number of nitrogens with zero attached hydrogens (tertiary/aromatic N) is 2. The van der Waals surface area contributed by atoms with Gasteiger partial charge in [0.05, 0.1) is 10.6 Å². The molecule has 0 aliphatic carbocycles. The first-order valence-electron chi connectivity index (χ1n) is 10.5. The lowest BCUT2D eigenvalue weighted by Crippen LogP contribution is -2.37. The van der Waals surface area contributed by atoms with E-state index < -0.39 is 11.7 Å². The zero-order chi connectivity index (χ0) is 22.1. The standard InChI is InChI=1S/C24H21FN4O2S/c25-17-6-2-3-7-18(17)26-23(30)20-14-19(27-28-20)15-9-11-29(12-10-15)24(31)22-13-16-5-1-4-8-21(16)32-22/h1-8,13-15H,9-12H2,(H,26,30)(H,27,28). The molecule has 0 atom stereocenters. The SMILES string of the molecule is O=C(Nc1ccccc1F)c1cc(C2CCN(C(=O)c3cc4ccccc4s3)CC2)[nH]n1. The topological polar surface area (TPSA) is 78.1 Å². The minimum Gasteiger partial charge on any atom is -0.338 e. The van der Waals surface area contributed by atoms with Crippen molar-refractivity contribution in [2.45, 2.75) is 18.8 Å². The number of halogens is 1. The number of rotatable bonds is 4. The van der Waals surface area contributed by atoms with Gasteiger partial charge in [-0.3, -0.25) is 14.7 Å². The van der Waals surface area contributed by atoms with Crippen LogP contribution in [0.2, 0.25) is 0 Å². The number of amides is 2. The van der Waals surface area contributed by atoms with Crippen LogP contribution in [0.4, 0.5) is 10.1 Å². The molecule has 1 fully saturated rings. The first-order valence-corrected chi connectivity index (χ1v) is 11.3. The maximum atomic E-state index is 13.8. The first kappa shape index (κ1) is 20.4. The fraction of sp³-hybridized carbons (Fsp3) is 0.208. The molecule has 2 aromatic heterocycles. The van der Waals surface area contributed by atoms with Gasteiger partial charge in [0, 0.05) is 29.4 Å². The number of aromatic amines is 1. The molecule has 2 amide bonds. The lowest BCUT2D eigenvalue weighted by molar-refractivity contribution is 0.0717. The Bertz CT molecular complexity index is 1260. The fourth-order valence-corrected chi connectivity index (χ4v) is 5.08. The molecule has 0 saturated carbocycles. The molecular formula is C24H21FN4O2S. The summed E-state index contributed by atoms with van der Waals surface area (Å²) < 4.78 is 14.9. The minimum absolute atomic E-state index is 0.0687. The number of anilines is 1. The Morgan fingerprint density at radius 2 is 1.81 bits per heavy atom. The molecule has 8 heteroatoms. The van der Waals surface area contributed by atoms with Crippen LogP contribution in [0.5, 0.6) is 0 Å². The van der Waals surface area contributed by atoms with E-state index in [2.05, 4.69) is 15.5 Å². The van der Waals surface area contributed by atoms with Crippen LogP contribution in [0.15, 0.2) is 60.7 Å². The van der Waals surface area contributed by atoms with Gasteiger partial charge in [-0.25, -0.2) is 4.39 Å². The number of benzene rings is 2. The number of aromatic nitrogens is 2. The number of likely N-dealkylation sites (tertiary alicyclic amines) is 1. The summed E-state index contributed by atoms with van der Waals surface area (Å²) in [5.74, 6) is -0.703. The Kier molecular flexibility index (Phi) is 5.45. The molecule has 1 aliphatic rings. The number of hydrogen-bond acceptors (Lipinski definition) is 4. The second-order valence-electron chi connectivity index (χ2n) is 7.86. The summed E-state index contributed by atoms with van der Waals surface area (Å²) in [5.41, 5.74) is 1.19. The molecule has 5 rings (SSSR count). The maximum Gasteiger partial charge on any atom is 0.276 e. The third-order valence-electron chi connectivity index (χ3n) is 5.81. The van der Waals surface area contributed by atoms with Crippen LogP contribution in [0.1, 0.15) is 44.6 Å². The van der Waals surface area contributed by atoms with Gasteiger partial charge in [0.1, 0.15) is 5.82 Å². The average molecular weight is 449 g/mol. The predicted octanol–water partition coefficient (Wildman–Crippen LogP) is 5.04. The van der Waals surface area contributed by atoms with Crippen LogP contribution >= 0.6 is 11.3 Å². The molecule has 6 nitrogen and oxygen atoms in total. The van der Waals surface area contributed by atoms with Crippen LogP contribution in [0, 0.1) is 5.82 Å². The van der Waals surface area contributed by atoms with Gasteiger partial charge in [-0.05, 0) is 48.6 Å². The quantitative estimate of drug-likeness (QED) is 0.459. The van der Waals surface area contributed by atoms with Crippen molar-refractivity contribution in [1.82, 2.24) is 15.1 Å². The third-order valence-corrected chi connectivity index (χ3v) is 6.91. The number of carbonyl (C=O) groups is 2. The number of piperidine rings is 1. The van der Waals surface area contributed by atoms with Crippen molar-refractivity contribution in [2.75, 3.05) is 18.4 Å². The summed E-state index contributed by atoms with van der Waals surface area (Å²) in [6.07, 6.45) is 1.57. The second kappa shape index (κ2) is 8.55. The molecule has 1 aliphatic heterocycles. The van der Waals surface area contributed by atoms with Crippen molar-refractivity contribution >= 4 is 38.9 Å². The van der Waals surface area contributed by atoms with Crippen LogP contribution in [0.25, 0.3) is 10.1 Å². The third kappa shape index (κ3) is 4.01. The molecule has 2 aromatic carbocycles. The molecule has 0 bridgehead atoms. The van der Waals surface area contributed by atoms with Crippen molar-refractivity contribution in [2.24, 2.45) is 0 Å². The van der Waals surface area contributed by atoms with Crippen LogP contribution in [0.3, 0.4) is 0 Å². The molecule has 1 saturated heterocycles. The molecular weight excluding hydrogens is 427 g/mol. The summed E-state index contributed by atoms with van der Waals surface area (Å²) in [6, 6.07) is 17.7. The summed E-state index contributed by atoms with van der Waals surface area (Å²) >= 11 is 1.53. The monoisotopic (exact) mass is 448 g/mol. The van der Waals surface area contributed by atoms with E-state index in [-0.39, 0.29) is 23.2 Å². The van der Waals surface area contributed by atoms with Crippen molar-refractivity contribution < 1.29 is 14.0 Å². The van der Waals surface area contributed by atoms with Gasteiger partial charge in [0.2, 0.25) is 0 Å². The van der Waals surface area contributed by atoms with E-state index in [9.17, 15) is 14.0 Å². The van der Waals surface area contributed by atoms with E-state index in [1.165, 1.54) is 23.5 Å². The van der Waals surface area contributed by atoms with E-state index in [1.807, 2.05) is 35.2 Å². The van der Waals surface area contributed by atoms with Crippen LogP contribution < -0.4 is 5.32 Å². The summed E-state index contributed by atoms with van der Waals surface area (Å²) in [5, 5.41) is 10.7. The van der Waals surface area contributed by atoms with Crippen molar-refractivity contribution in [3.63, 3.8) is 0 Å². The number of carbonyl (C=O) groups excluding carboxylic acids is 2. The molecule has 4 aromatic rings. The number of hydrogen-bond donors (Lipinski definition) is 2. The van der Waals surface area contributed by atoms with Gasteiger partial charge in [0.25, 0.3) is 11.8 Å². The highest BCUT2D eigenvalue weighted by Crippen LogP contribution is 2.31. The van der Waals surface area contributed by atoms with Gasteiger partial charge in [-0.2, -0.15) is 5.10 Å². The Hall–Kier alpha value is -3.52. The van der Waals surface area contributed by atoms with Crippen molar-refractivity contribution in [1.29, 1.82) is 0 Å². The Morgan fingerprint density at radius 3 is 2.59 bits per heavy atom. The van der Waals surface area contributed by atoms with Gasteiger partial charge in [-0.15, -0.1) is 11.3 Å². The number of para-hydroxylation sites is 1. The number of nitrogens with one attached hydrogen (secondary N) is 2. The molecule has 162 valence electrons. The highest BCUT2D eigenvalue weighted by Gasteiger charge is 2.27. The minimum atomic E-state index is -0.493. The number of thiophene rings is 1. The largest absolute Gasteiger partial charge is 0.338 e. The molecule has 0 unspecified atom stereocenters. The lowest BCUT2D eigenvalue weighted by Gasteiger charge is -2.31. The predicted molar refractivity (Wildman–Crippen MR) is 123 cm³/mol. The van der Waals surface area contributed by atoms with E-state index in [0.29, 0.717) is 13.1 Å². The molecule has 3 heterocycles. The highest BCUT2D eigenvalue weighted by atomic mass is 32.1. The summed E-state index contributed by atoms with van der Waals surface area (Å²) in [6.45, 7) is 1.29. The second-order valence-corrected chi connectivity index (χ2v) is 8.94. The zero-order valence-electron chi connectivity index (χ0n) is 17.2. The van der Waals surface area contributed by atoms with Crippen molar-refractivity contribution in [3.8, 4) is 0 Å². The summed E-state index contributed by atoms with van der Waals surface area (Å²) in [4.78, 5) is 28.0. The van der Waals surface area contributed by atoms with Gasteiger partial charge in [-0.1, -0.05) is 30.3 Å². The summed E-state index contributed by atoms with van der Waals surface area (Å²) in [7, 11) is 0. The van der Waals surface area contributed by atoms with Gasteiger partial charge < -0.3 is 10.2 Å². The molecule has 2 N–H and O–H groups in total. The Labute approximate surface area is 188 Å². The lowest BCUT2D eigenvalue weighted by atomic mass is 9.93. The molecule has 0 radical (unpaired) electrons. The zero-order valence-corrected chi connectivity index (χ0v) is 18.0. The Morgan fingerprint density at radius 1 is 1.06 bits per heavy atom. The van der Waals surface area contributed by atoms with Gasteiger partial charge in [0.15, 0.2) is 5.69 Å². The van der Waals surface area contributed by atoms with E-state index in [0.717, 1.165) is 33.5 Å². The smallest absolute Gasteiger partial charge is 0.276 e. The average Bonchev–Trinajstić information content (AvgIpc) is 3.48. The molecule has 32 heavy (non-hydrogen) atoms. The van der Waals surface area contributed by atoms with Crippen molar-refractivity contribution in [3.05, 3.63) is 82.7 Å². The van der Waals surface area contributed by atoms with Crippen LogP contribution in [-0.4, -0.2) is 40.0 Å². The van der Waals surface area contributed by atoms with Gasteiger partial charge >= 0.3 is 0 Å². The number of fused-ring (bicyclic) bond motifs is 1. The molecule has 0 spiro atoms. The van der Waals surface area contributed by atoms with Crippen LogP contribution in [-0.2, 0) is 0 Å². The number of H-pyrrole nitrogens is 1. The maximum absolute atomic E-state index is 13.8. The Balaban J connectivity index is 1.21. The highest BCUT2D eigenvalue weighted by molar-refractivity contribution is 7.20. The van der Waals surface area contributed by atoms with E-state index in [4.69, 9.17) is 0 Å². The first-order chi connectivity index (χ1) is 15.6. The van der Waals surface area contributed by atoms with E-state index in [1.54, 1.807) is 18.2 Å². The van der Waals surface area contributed by atoms with E-state index >= 15 is 0 Å². The normalized spacial score (nSPS) is 14.6.